The first-order valence-corrected chi connectivity index (χ1v) is 13.8. The SMILES string of the molecule is C=C(Br)C(F)(F)F.C=C(c1cc(Cl)c(OC)c(Cl)c1)C(F)(F)F.COc1c(Cl)cc(B2OC(C)(C)C(C)(C)O2)cc1Cl. The predicted octanol–water partition coefficient (Wildman–Crippen LogP) is 10.3. The van der Waals surface area contributed by atoms with Crippen molar-refractivity contribution in [2.75, 3.05) is 14.2 Å². The summed E-state index contributed by atoms with van der Waals surface area (Å²) in [6.07, 6.45) is -8.79. The van der Waals surface area contributed by atoms with Crippen molar-refractivity contribution in [3.8, 4) is 11.5 Å². The first kappa shape index (κ1) is 38.7. The molecule has 0 spiro atoms. The van der Waals surface area contributed by atoms with Gasteiger partial charge >= 0.3 is 19.5 Å². The lowest BCUT2D eigenvalue weighted by molar-refractivity contribution is -0.0825. The Bertz CT molecular complexity index is 1240. The van der Waals surface area contributed by atoms with Crippen molar-refractivity contribution in [1.82, 2.24) is 0 Å². The van der Waals surface area contributed by atoms with Gasteiger partial charge in [-0.15, -0.1) is 0 Å². The zero-order valence-corrected chi connectivity index (χ0v) is 27.7. The number of hydrogen-bond acceptors (Lipinski definition) is 4. The van der Waals surface area contributed by atoms with E-state index in [2.05, 4.69) is 29.1 Å². The van der Waals surface area contributed by atoms with E-state index in [4.69, 9.17) is 65.2 Å². The zero-order valence-electron chi connectivity index (χ0n) is 23.1. The van der Waals surface area contributed by atoms with Crippen molar-refractivity contribution in [3.63, 3.8) is 0 Å². The topological polar surface area (TPSA) is 36.9 Å². The van der Waals surface area contributed by atoms with Crippen LogP contribution in [0.2, 0.25) is 20.1 Å². The summed E-state index contributed by atoms with van der Waals surface area (Å²) in [4.78, 5) is 0. The summed E-state index contributed by atoms with van der Waals surface area (Å²) >= 11 is 25.9. The van der Waals surface area contributed by atoms with E-state index in [1.54, 1.807) is 12.1 Å². The number of alkyl halides is 6. The van der Waals surface area contributed by atoms with Crippen molar-refractivity contribution in [1.29, 1.82) is 0 Å². The Hall–Kier alpha value is -1.28. The van der Waals surface area contributed by atoms with Crippen LogP contribution in [-0.4, -0.2) is 44.9 Å². The monoisotopic (exact) mass is 746 g/mol. The summed E-state index contributed by atoms with van der Waals surface area (Å²) in [5.41, 5.74) is -1.18. The largest absolute Gasteiger partial charge is 0.494 e. The highest BCUT2D eigenvalue weighted by molar-refractivity contribution is 9.11. The summed E-state index contributed by atoms with van der Waals surface area (Å²) in [5, 5.41) is 0.908. The highest BCUT2D eigenvalue weighted by Crippen LogP contribution is 2.40. The summed E-state index contributed by atoms with van der Waals surface area (Å²) in [7, 11) is 2.37. The first-order valence-electron chi connectivity index (χ1n) is 11.5. The van der Waals surface area contributed by atoms with Gasteiger partial charge in [-0.1, -0.05) is 59.6 Å². The van der Waals surface area contributed by atoms with Crippen LogP contribution in [0.15, 0.2) is 41.9 Å². The van der Waals surface area contributed by atoms with E-state index in [-0.39, 0.29) is 21.4 Å². The quantitative estimate of drug-likeness (QED) is 0.231. The molecule has 16 heteroatoms. The van der Waals surface area contributed by atoms with Gasteiger partial charge in [0.15, 0.2) is 11.5 Å². The van der Waals surface area contributed by atoms with Gasteiger partial charge in [0.05, 0.1) is 55.6 Å². The average molecular weight is 749 g/mol. The number of allylic oxidation sites excluding steroid dienone is 2. The summed E-state index contributed by atoms with van der Waals surface area (Å²) in [5.74, 6) is 0.602. The smallest absolute Gasteiger partial charge is 0.494 e. The molecule has 1 aliphatic rings. The van der Waals surface area contributed by atoms with Gasteiger partial charge in [0, 0.05) is 0 Å². The van der Waals surface area contributed by atoms with E-state index < -0.39 is 40.7 Å². The van der Waals surface area contributed by atoms with Crippen molar-refractivity contribution in [2.24, 2.45) is 0 Å². The number of halogens is 11. The molecule has 2 aromatic rings. The third kappa shape index (κ3) is 10.1. The average Bonchev–Trinajstić information content (AvgIpc) is 3.04. The lowest BCUT2D eigenvalue weighted by Gasteiger charge is -2.32. The van der Waals surface area contributed by atoms with Crippen molar-refractivity contribution in [3.05, 3.63) is 67.6 Å². The standard InChI is InChI=1S/C13H17BCl2O3.C10H7Cl2F3O.C3H2BrF3/c1-12(2)13(3,4)19-14(18-12)8-6-9(15)11(17-5)10(16)7-8;1-5(10(13,14)15)6-3-7(11)9(16-2)8(12)4-6;1-2(4)3(5,6)7/h6-7H,1-5H3;3-4H,1H2,2H3;1H2. The minimum absolute atomic E-state index is 0.00963. The maximum atomic E-state index is 12.4. The molecule has 0 bridgehead atoms. The molecule has 1 fully saturated rings. The number of rotatable bonds is 4. The fourth-order valence-electron chi connectivity index (χ4n) is 2.98. The molecule has 234 valence electrons. The van der Waals surface area contributed by atoms with Gasteiger partial charge in [0.2, 0.25) is 0 Å². The van der Waals surface area contributed by atoms with E-state index >= 15 is 0 Å². The molecular formula is C26H26BBrCl4F6O4. The third-order valence-electron chi connectivity index (χ3n) is 5.95. The molecule has 4 nitrogen and oxygen atoms in total. The Balaban J connectivity index is 0.000000348. The molecule has 0 radical (unpaired) electrons. The molecular weight excluding hydrogens is 723 g/mol. The summed E-state index contributed by atoms with van der Waals surface area (Å²) < 4.78 is 91.1. The molecule has 0 aliphatic carbocycles. The van der Waals surface area contributed by atoms with Crippen LogP contribution in [0.25, 0.3) is 5.57 Å². The maximum absolute atomic E-state index is 12.4. The zero-order chi connectivity index (χ0) is 33.0. The Morgan fingerprint density at radius 3 is 1.31 bits per heavy atom. The second kappa shape index (κ2) is 14.7. The molecule has 1 saturated heterocycles. The minimum Gasteiger partial charge on any atom is -0.494 e. The predicted molar refractivity (Wildman–Crippen MR) is 161 cm³/mol. The Kier molecular flexibility index (Phi) is 13.5. The van der Waals surface area contributed by atoms with Crippen LogP contribution in [0, 0.1) is 0 Å². The van der Waals surface area contributed by atoms with Crippen LogP contribution >= 0.6 is 62.3 Å². The van der Waals surface area contributed by atoms with E-state index in [0.717, 1.165) is 17.6 Å². The van der Waals surface area contributed by atoms with E-state index in [1.165, 1.54) is 14.2 Å². The van der Waals surface area contributed by atoms with Crippen LogP contribution in [0.4, 0.5) is 26.3 Å². The molecule has 0 atom stereocenters. The molecule has 1 aliphatic heterocycles. The molecule has 42 heavy (non-hydrogen) atoms. The number of hydrogen-bond donors (Lipinski definition) is 0. The Morgan fingerprint density at radius 1 is 0.738 bits per heavy atom. The van der Waals surface area contributed by atoms with Crippen LogP contribution in [0.5, 0.6) is 11.5 Å². The lowest BCUT2D eigenvalue weighted by atomic mass is 9.79. The second-order valence-corrected chi connectivity index (χ2v) is 12.0. The number of methoxy groups -OCH3 is 2. The highest BCUT2D eigenvalue weighted by atomic mass is 79.9. The molecule has 0 saturated carbocycles. The van der Waals surface area contributed by atoms with Gasteiger partial charge in [0.1, 0.15) is 0 Å². The highest BCUT2D eigenvalue weighted by Gasteiger charge is 2.52. The third-order valence-corrected chi connectivity index (χ3v) is 7.52. The fourth-order valence-corrected chi connectivity index (χ4v) is 4.28. The number of ether oxygens (including phenoxy) is 2. The maximum Gasteiger partial charge on any atom is 0.494 e. The van der Waals surface area contributed by atoms with Gasteiger partial charge in [0.25, 0.3) is 0 Å². The molecule has 0 amide bonds. The fraction of sp³-hybridized carbons (Fsp3) is 0.385. The molecule has 0 aromatic heterocycles. The van der Waals surface area contributed by atoms with Crippen molar-refractivity contribution < 1.29 is 45.1 Å². The normalized spacial score (nSPS) is 15.6. The first-order chi connectivity index (χ1) is 18.9. The molecule has 0 N–H and O–H groups in total. The van der Waals surface area contributed by atoms with Crippen LogP contribution in [0.3, 0.4) is 0 Å². The van der Waals surface area contributed by atoms with Crippen LogP contribution < -0.4 is 14.9 Å². The van der Waals surface area contributed by atoms with Gasteiger partial charge in [-0.25, -0.2) is 0 Å². The number of benzene rings is 2. The van der Waals surface area contributed by atoms with Gasteiger partial charge in [-0.2, -0.15) is 26.3 Å². The van der Waals surface area contributed by atoms with E-state index in [9.17, 15) is 26.3 Å². The second-order valence-electron chi connectivity index (χ2n) is 9.46. The van der Waals surface area contributed by atoms with Crippen LogP contribution in [-0.2, 0) is 9.31 Å². The van der Waals surface area contributed by atoms with Gasteiger partial charge < -0.3 is 18.8 Å². The lowest BCUT2D eigenvalue weighted by Crippen LogP contribution is -2.41. The summed E-state index contributed by atoms with van der Waals surface area (Å²) in [6.45, 7) is 13.6. The molecule has 2 aromatic carbocycles. The van der Waals surface area contributed by atoms with Gasteiger partial charge in [-0.05, 0) is 78.9 Å². The molecule has 1 heterocycles. The van der Waals surface area contributed by atoms with Crippen molar-refractivity contribution in [2.45, 2.75) is 51.2 Å². The van der Waals surface area contributed by atoms with E-state index in [1.807, 2.05) is 27.7 Å². The Morgan fingerprint density at radius 2 is 1.05 bits per heavy atom. The minimum atomic E-state index is -4.51. The molecule has 0 unspecified atom stereocenters. The Labute approximate surface area is 269 Å². The van der Waals surface area contributed by atoms with Crippen LogP contribution in [0.1, 0.15) is 33.3 Å². The van der Waals surface area contributed by atoms with E-state index in [0.29, 0.717) is 15.8 Å². The molecule has 3 rings (SSSR count). The summed E-state index contributed by atoms with van der Waals surface area (Å²) in [6, 6.07) is 5.74. The van der Waals surface area contributed by atoms with Crippen molar-refractivity contribution >= 4 is 80.5 Å². The van der Waals surface area contributed by atoms with Gasteiger partial charge in [-0.3, -0.25) is 0 Å².